The van der Waals surface area contributed by atoms with Gasteiger partial charge in [-0.1, -0.05) is 28.8 Å². The van der Waals surface area contributed by atoms with E-state index in [0.29, 0.717) is 4.90 Å². The molecule has 0 bridgehead atoms. The fraction of sp³-hybridized carbons (Fsp3) is 0.429. The van der Waals surface area contributed by atoms with Crippen molar-refractivity contribution >= 4 is 23.6 Å². The first kappa shape index (κ1) is 18.8. The first-order valence-electron chi connectivity index (χ1n) is 7.17. The molecule has 1 aromatic carbocycles. The van der Waals surface area contributed by atoms with E-state index >= 15 is 0 Å². The predicted molar refractivity (Wildman–Crippen MR) is 84.2 cm³/mol. The molecule has 25 heavy (non-hydrogen) atoms. The number of hydrogen-bond donors (Lipinski definition) is 2. The van der Waals surface area contributed by atoms with Crippen LogP contribution >= 0.6 is 11.6 Å². The fourth-order valence-electron chi connectivity index (χ4n) is 2.63. The highest BCUT2D eigenvalue weighted by atomic mass is 35.5. The van der Waals surface area contributed by atoms with E-state index in [9.17, 15) is 18.4 Å². The third-order valence-corrected chi connectivity index (χ3v) is 4.13. The number of nitrogens with zero attached hydrogens (tertiary/aromatic N) is 4. The minimum atomic E-state index is -2.13. The number of likely N-dealkylation sites (tertiary alicyclic amines) is 1. The lowest BCUT2D eigenvalue weighted by Crippen LogP contribution is -2.45. The molecule has 0 saturated carbocycles. The highest BCUT2D eigenvalue weighted by Gasteiger charge is 2.49. The molecular formula is C14H14ClF2N5O3. The maximum absolute atomic E-state index is 14.6. The summed E-state index contributed by atoms with van der Waals surface area (Å²) in [6.45, 7) is -1.41. The zero-order chi connectivity index (χ0) is 18.6. The second-order valence-electron chi connectivity index (χ2n) is 5.60. The Morgan fingerprint density at radius 3 is 2.92 bits per heavy atom. The van der Waals surface area contributed by atoms with Gasteiger partial charge in [-0.15, -0.1) is 0 Å². The Labute approximate surface area is 146 Å². The summed E-state index contributed by atoms with van der Waals surface area (Å²) in [7, 11) is 0. The molecule has 1 aliphatic heterocycles. The number of carbonyl (C=O) groups is 2. The summed E-state index contributed by atoms with van der Waals surface area (Å²) < 4.78 is 28.4. The Kier molecular flexibility index (Phi) is 5.66. The molecule has 134 valence electrons. The average Bonchev–Trinajstić information content (AvgIpc) is 2.93. The van der Waals surface area contributed by atoms with Gasteiger partial charge in [0.05, 0.1) is 18.1 Å². The molecule has 2 N–H and O–H groups in total. The van der Waals surface area contributed by atoms with E-state index in [4.69, 9.17) is 22.2 Å². The number of alkyl halides is 1. The van der Waals surface area contributed by atoms with Crippen molar-refractivity contribution in [1.82, 2.24) is 10.2 Å². The molecule has 2 rings (SSSR count). The van der Waals surface area contributed by atoms with Gasteiger partial charge in [0.1, 0.15) is 17.5 Å². The molecule has 1 saturated heterocycles. The van der Waals surface area contributed by atoms with E-state index in [2.05, 4.69) is 15.3 Å². The van der Waals surface area contributed by atoms with E-state index in [1.165, 1.54) is 18.2 Å². The lowest BCUT2D eigenvalue weighted by Gasteiger charge is -2.20. The number of carbonyl (C=O) groups excluding carboxylic acids is 1. The van der Waals surface area contributed by atoms with Crippen molar-refractivity contribution in [3.05, 3.63) is 45.0 Å². The van der Waals surface area contributed by atoms with Gasteiger partial charge in [-0.3, -0.25) is 9.69 Å². The Morgan fingerprint density at radius 1 is 1.56 bits per heavy atom. The molecule has 8 nitrogen and oxygen atoms in total. The summed E-state index contributed by atoms with van der Waals surface area (Å²) >= 11 is 5.64. The van der Waals surface area contributed by atoms with Crippen molar-refractivity contribution in [3.8, 4) is 0 Å². The van der Waals surface area contributed by atoms with Crippen molar-refractivity contribution in [1.29, 1.82) is 0 Å². The van der Waals surface area contributed by atoms with Gasteiger partial charge in [0, 0.05) is 23.4 Å². The molecule has 1 aromatic rings. The summed E-state index contributed by atoms with van der Waals surface area (Å²) in [5.41, 5.74) is 6.27. The number of halogens is 3. The standard InChI is InChI=1S/C14H14ClF2N5O3/c15-9-3-1-2-8(11(9)16)5-19-12(23)10-4-14(17,6-20-21-18)7-22(10)13(24)25/h1-3,10H,4-7H2,(H,19,23)(H,24,25)/t10-,14+/m0/s1. The topological polar surface area (TPSA) is 118 Å². The van der Waals surface area contributed by atoms with Crippen LogP contribution < -0.4 is 5.32 Å². The molecule has 0 unspecified atom stereocenters. The highest BCUT2D eigenvalue weighted by molar-refractivity contribution is 6.30. The zero-order valence-electron chi connectivity index (χ0n) is 12.8. The first-order chi connectivity index (χ1) is 11.8. The van der Waals surface area contributed by atoms with Gasteiger partial charge in [-0.2, -0.15) is 0 Å². The smallest absolute Gasteiger partial charge is 0.408 e. The van der Waals surface area contributed by atoms with Gasteiger partial charge < -0.3 is 10.4 Å². The lowest BCUT2D eigenvalue weighted by molar-refractivity contribution is -0.125. The van der Waals surface area contributed by atoms with E-state index in [1.54, 1.807) is 0 Å². The van der Waals surface area contributed by atoms with Crippen LogP contribution in [0.2, 0.25) is 5.02 Å². The molecule has 0 aliphatic carbocycles. The van der Waals surface area contributed by atoms with Crippen LogP contribution in [0.25, 0.3) is 10.4 Å². The fourth-order valence-corrected chi connectivity index (χ4v) is 2.82. The number of nitrogens with one attached hydrogen (secondary N) is 1. The number of amides is 2. The van der Waals surface area contributed by atoms with Crippen molar-refractivity contribution in [2.75, 3.05) is 13.1 Å². The van der Waals surface area contributed by atoms with Crippen LogP contribution in [0.15, 0.2) is 23.3 Å². The second kappa shape index (κ2) is 7.54. The van der Waals surface area contributed by atoms with Crippen LogP contribution in [-0.4, -0.2) is 46.8 Å². The monoisotopic (exact) mass is 373 g/mol. The third kappa shape index (κ3) is 4.28. The predicted octanol–water partition coefficient (Wildman–Crippen LogP) is 2.87. The maximum Gasteiger partial charge on any atom is 0.408 e. The van der Waals surface area contributed by atoms with E-state index < -0.39 is 49.0 Å². The average molecular weight is 374 g/mol. The van der Waals surface area contributed by atoms with Crippen LogP contribution in [-0.2, 0) is 11.3 Å². The molecule has 2 atom stereocenters. The van der Waals surface area contributed by atoms with Crippen LogP contribution in [0.4, 0.5) is 13.6 Å². The minimum Gasteiger partial charge on any atom is -0.465 e. The van der Waals surface area contributed by atoms with Gasteiger partial charge in [-0.05, 0) is 11.6 Å². The summed E-state index contributed by atoms with van der Waals surface area (Å²) in [5.74, 6) is -1.48. The minimum absolute atomic E-state index is 0.112. The summed E-state index contributed by atoms with van der Waals surface area (Å²) in [5, 5.41) is 14.5. The van der Waals surface area contributed by atoms with Gasteiger partial charge in [0.2, 0.25) is 5.91 Å². The number of carboxylic acid groups (broad SMARTS) is 1. The number of rotatable bonds is 5. The van der Waals surface area contributed by atoms with Crippen LogP contribution in [0.5, 0.6) is 0 Å². The normalized spacial score (nSPS) is 22.4. The van der Waals surface area contributed by atoms with Gasteiger partial charge >= 0.3 is 6.09 Å². The highest BCUT2D eigenvalue weighted by Crippen LogP contribution is 2.31. The number of hydrogen-bond acceptors (Lipinski definition) is 3. The Morgan fingerprint density at radius 2 is 2.28 bits per heavy atom. The third-order valence-electron chi connectivity index (χ3n) is 3.84. The molecule has 1 heterocycles. The molecule has 0 radical (unpaired) electrons. The molecular weight excluding hydrogens is 360 g/mol. The number of benzene rings is 1. The van der Waals surface area contributed by atoms with Gasteiger partial charge in [-0.25, -0.2) is 13.6 Å². The Bertz CT molecular complexity index is 743. The van der Waals surface area contributed by atoms with E-state index in [0.717, 1.165) is 0 Å². The lowest BCUT2D eigenvalue weighted by atomic mass is 10.0. The Balaban J connectivity index is 2.09. The second-order valence-corrected chi connectivity index (χ2v) is 6.01. The van der Waals surface area contributed by atoms with Crippen LogP contribution in [0.1, 0.15) is 12.0 Å². The summed E-state index contributed by atoms with van der Waals surface area (Å²) in [6, 6.07) is 2.95. The summed E-state index contributed by atoms with van der Waals surface area (Å²) in [4.78, 5) is 26.6. The molecule has 1 aliphatic rings. The largest absolute Gasteiger partial charge is 0.465 e. The SMILES string of the molecule is [N-]=[N+]=NC[C@]1(F)C[C@@H](C(=O)NCc2cccc(Cl)c2F)N(C(=O)O)C1. The molecule has 2 amide bonds. The van der Waals surface area contributed by atoms with Crippen LogP contribution in [0, 0.1) is 5.82 Å². The maximum atomic E-state index is 14.6. The quantitative estimate of drug-likeness (QED) is 0.469. The molecule has 0 spiro atoms. The zero-order valence-corrected chi connectivity index (χ0v) is 13.6. The van der Waals surface area contributed by atoms with Crippen molar-refractivity contribution in [2.24, 2.45) is 5.11 Å². The first-order valence-corrected chi connectivity index (χ1v) is 7.55. The van der Waals surface area contributed by atoms with E-state index in [1.807, 2.05) is 0 Å². The number of azide groups is 1. The van der Waals surface area contributed by atoms with Gasteiger partial charge in [0.25, 0.3) is 0 Å². The Hall–Kier alpha value is -2.58. The van der Waals surface area contributed by atoms with Crippen molar-refractivity contribution in [2.45, 2.75) is 24.7 Å². The summed E-state index contributed by atoms with van der Waals surface area (Å²) in [6.07, 6.45) is -1.93. The van der Waals surface area contributed by atoms with Crippen molar-refractivity contribution in [3.63, 3.8) is 0 Å². The van der Waals surface area contributed by atoms with Crippen LogP contribution in [0.3, 0.4) is 0 Å². The molecule has 11 heteroatoms. The van der Waals surface area contributed by atoms with E-state index in [-0.39, 0.29) is 17.1 Å². The molecule has 1 fully saturated rings. The molecule has 0 aromatic heterocycles. The van der Waals surface area contributed by atoms with Gasteiger partial charge in [0.15, 0.2) is 0 Å². The van der Waals surface area contributed by atoms with Crippen molar-refractivity contribution < 1.29 is 23.5 Å².